The van der Waals surface area contributed by atoms with E-state index in [1.807, 2.05) is 24.3 Å². The monoisotopic (exact) mass is 339 g/mol. The molecular weight excluding hydrogens is 314 g/mol. The van der Waals surface area contributed by atoms with Gasteiger partial charge in [0.05, 0.1) is 18.8 Å². The molecule has 0 radical (unpaired) electrons. The van der Waals surface area contributed by atoms with Crippen LogP contribution in [-0.4, -0.2) is 37.2 Å². The van der Waals surface area contributed by atoms with Crippen molar-refractivity contribution in [3.8, 4) is 0 Å². The number of anilines is 2. The molecule has 25 heavy (non-hydrogen) atoms. The lowest BCUT2D eigenvalue weighted by molar-refractivity contribution is 0.102. The van der Waals surface area contributed by atoms with Crippen LogP contribution in [0.4, 0.5) is 11.5 Å². The van der Waals surface area contributed by atoms with Crippen molar-refractivity contribution in [2.75, 3.05) is 36.5 Å². The highest BCUT2D eigenvalue weighted by atomic mass is 16.5. The summed E-state index contributed by atoms with van der Waals surface area (Å²) in [5.74, 6) is 1.27. The highest BCUT2D eigenvalue weighted by molar-refractivity contribution is 6.04. The lowest BCUT2D eigenvalue weighted by atomic mass is 9.98. The summed E-state index contributed by atoms with van der Waals surface area (Å²) < 4.78 is 5.35. The molecular formula is C20H25N3O2. The second-order valence-corrected chi connectivity index (χ2v) is 6.39. The van der Waals surface area contributed by atoms with Gasteiger partial charge >= 0.3 is 0 Å². The van der Waals surface area contributed by atoms with E-state index in [1.165, 1.54) is 5.56 Å². The van der Waals surface area contributed by atoms with Crippen molar-refractivity contribution < 1.29 is 9.53 Å². The van der Waals surface area contributed by atoms with Gasteiger partial charge in [0.2, 0.25) is 0 Å². The fourth-order valence-corrected chi connectivity index (χ4v) is 2.83. The molecule has 1 aliphatic rings. The van der Waals surface area contributed by atoms with Crippen LogP contribution < -0.4 is 10.2 Å². The van der Waals surface area contributed by atoms with Crippen LogP contribution in [0.5, 0.6) is 0 Å². The second-order valence-electron chi connectivity index (χ2n) is 6.39. The van der Waals surface area contributed by atoms with Crippen molar-refractivity contribution >= 4 is 17.4 Å². The van der Waals surface area contributed by atoms with E-state index in [0.29, 0.717) is 11.5 Å². The van der Waals surface area contributed by atoms with E-state index < -0.39 is 0 Å². The molecule has 1 aromatic heterocycles. The van der Waals surface area contributed by atoms with Crippen LogP contribution in [0.15, 0.2) is 42.6 Å². The Hall–Kier alpha value is -2.40. The number of hydrogen-bond acceptors (Lipinski definition) is 4. The van der Waals surface area contributed by atoms with Gasteiger partial charge in [-0.05, 0) is 42.2 Å². The molecule has 0 saturated carbocycles. The molecule has 1 atom stereocenters. The number of ether oxygens (including phenoxy) is 1. The van der Waals surface area contributed by atoms with Gasteiger partial charge in [0.1, 0.15) is 5.82 Å². The summed E-state index contributed by atoms with van der Waals surface area (Å²) in [5, 5.41) is 2.93. The minimum atomic E-state index is -0.141. The Balaban J connectivity index is 1.62. The molecule has 1 N–H and O–H groups in total. The third-order valence-corrected chi connectivity index (χ3v) is 4.70. The fraction of sp³-hybridized carbons (Fsp3) is 0.400. The topological polar surface area (TPSA) is 54.5 Å². The molecule has 1 fully saturated rings. The van der Waals surface area contributed by atoms with Crippen molar-refractivity contribution in [3.05, 3.63) is 53.7 Å². The van der Waals surface area contributed by atoms with Crippen LogP contribution in [0.1, 0.15) is 42.1 Å². The van der Waals surface area contributed by atoms with E-state index in [1.54, 1.807) is 6.20 Å². The highest BCUT2D eigenvalue weighted by Crippen LogP contribution is 2.21. The number of carbonyl (C=O) groups is 1. The molecule has 2 heterocycles. The zero-order valence-electron chi connectivity index (χ0n) is 14.9. The smallest absolute Gasteiger partial charge is 0.257 e. The number of amides is 1. The minimum Gasteiger partial charge on any atom is -0.378 e. The van der Waals surface area contributed by atoms with Crippen LogP contribution in [0.3, 0.4) is 0 Å². The van der Waals surface area contributed by atoms with E-state index in [4.69, 9.17) is 4.74 Å². The maximum atomic E-state index is 12.4. The summed E-state index contributed by atoms with van der Waals surface area (Å²) in [4.78, 5) is 19.0. The Morgan fingerprint density at radius 2 is 1.92 bits per heavy atom. The van der Waals surface area contributed by atoms with Crippen molar-refractivity contribution in [1.82, 2.24) is 4.98 Å². The van der Waals surface area contributed by atoms with E-state index in [-0.39, 0.29) is 5.91 Å². The van der Waals surface area contributed by atoms with Gasteiger partial charge in [0, 0.05) is 25.0 Å². The summed E-state index contributed by atoms with van der Waals surface area (Å²) in [6.07, 6.45) is 2.74. The fourth-order valence-electron chi connectivity index (χ4n) is 2.83. The molecule has 1 aliphatic heterocycles. The third-order valence-electron chi connectivity index (χ3n) is 4.70. The molecule has 0 aliphatic carbocycles. The summed E-state index contributed by atoms with van der Waals surface area (Å²) in [6.45, 7) is 7.48. The van der Waals surface area contributed by atoms with Gasteiger partial charge < -0.3 is 15.0 Å². The average Bonchev–Trinajstić information content (AvgIpc) is 2.68. The lowest BCUT2D eigenvalue weighted by Crippen LogP contribution is -2.36. The second kappa shape index (κ2) is 8.12. The normalized spacial score (nSPS) is 15.7. The number of nitrogens with one attached hydrogen (secondary N) is 1. The van der Waals surface area contributed by atoms with Crippen molar-refractivity contribution in [1.29, 1.82) is 0 Å². The lowest BCUT2D eigenvalue weighted by Gasteiger charge is -2.27. The van der Waals surface area contributed by atoms with E-state index in [0.717, 1.165) is 44.2 Å². The van der Waals surface area contributed by atoms with Crippen molar-refractivity contribution in [3.63, 3.8) is 0 Å². The molecule has 3 rings (SSSR count). The first kappa shape index (κ1) is 17.4. The molecule has 1 amide bonds. The number of hydrogen-bond donors (Lipinski definition) is 1. The Labute approximate surface area is 149 Å². The van der Waals surface area contributed by atoms with Crippen LogP contribution >= 0.6 is 0 Å². The van der Waals surface area contributed by atoms with Gasteiger partial charge in [-0.1, -0.05) is 26.0 Å². The highest BCUT2D eigenvalue weighted by Gasteiger charge is 2.13. The molecule has 0 bridgehead atoms. The predicted molar refractivity (Wildman–Crippen MR) is 100 cm³/mol. The largest absolute Gasteiger partial charge is 0.378 e. The van der Waals surface area contributed by atoms with Gasteiger partial charge in [-0.2, -0.15) is 0 Å². The van der Waals surface area contributed by atoms with Crippen LogP contribution in [-0.2, 0) is 4.74 Å². The standard InChI is InChI=1S/C20H25N3O2/c1-3-15(2)16-4-7-18(8-5-16)22-20(24)17-6-9-19(21-14-17)23-10-12-25-13-11-23/h4-9,14-15H,3,10-13H2,1-2H3,(H,22,24). The Morgan fingerprint density at radius 1 is 1.20 bits per heavy atom. The molecule has 1 unspecified atom stereocenters. The molecule has 1 aromatic carbocycles. The summed E-state index contributed by atoms with van der Waals surface area (Å²) in [6, 6.07) is 11.8. The van der Waals surface area contributed by atoms with Gasteiger partial charge in [-0.25, -0.2) is 4.98 Å². The Bertz CT molecular complexity index is 692. The molecule has 2 aromatic rings. The molecule has 1 saturated heterocycles. The number of pyridine rings is 1. The Morgan fingerprint density at radius 3 is 2.52 bits per heavy atom. The molecule has 132 valence electrons. The number of rotatable bonds is 5. The van der Waals surface area contributed by atoms with E-state index in [2.05, 4.69) is 41.2 Å². The summed E-state index contributed by atoms with van der Waals surface area (Å²) in [5.41, 5.74) is 2.65. The maximum absolute atomic E-state index is 12.4. The number of carbonyl (C=O) groups excluding carboxylic acids is 1. The van der Waals surface area contributed by atoms with Crippen molar-refractivity contribution in [2.24, 2.45) is 0 Å². The number of aromatic nitrogens is 1. The quantitative estimate of drug-likeness (QED) is 0.903. The van der Waals surface area contributed by atoms with Gasteiger partial charge in [0.15, 0.2) is 0 Å². The zero-order valence-corrected chi connectivity index (χ0v) is 14.9. The molecule has 0 spiro atoms. The molecule has 5 heteroatoms. The van der Waals surface area contributed by atoms with Gasteiger partial charge in [-0.3, -0.25) is 4.79 Å². The average molecular weight is 339 g/mol. The number of morpholine rings is 1. The van der Waals surface area contributed by atoms with E-state index in [9.17, 15) is 4.79 Å². The predicted octanol–water partition coefficient (Wildman–Crippen LogP) is 3.68. The first-order valence-electron chi connectivity index (χ1n) is 8.87. The van der Waals surface area contributed by atoms with Gasteiger partial charge in [-0.15, -0.1) is 0 Å². The first-order valence-corrected chi connectivity index (χ1v) is 8.87. The summed E-state index contributed by atoms with van der Waals surface area (Å²) >= 11 is 0. The number of nitrogens with zero attached hydrogens (tertiary/aromatic N) is 2. The minimum absolute atomic E-state index is 0.141. The zero-order chi connectivity index (χ0) is 17.6. The van der Waals surface area contributed by atoms with Crippen LogP contribution in [0.2, 0.25) is 0 Å². The summed E-state index contributed by atoms with van der Waals surface area (Å²) in [7, 11) is 0. The van der Waals surface area contributed by atoms with Crippen molar-refractivity contribution in [2.45, 2.75) is 26.2 Å². The maximum Gasteiger partial charge on any atom is 0.257 e. The number of benzene rings is 1. The van der Waals surface area contributed by atoms with Crippen LogP contribution in [0.25, 0.3) is 0 Å². The SMILES string of the molecule is CCC(C)c1ccc(NC(=O)c2ccc(N3CCOCC3)nc2)cc1. The van der Waals surface area contributed by atoms with E-state index >= 15 is 0 Å². The first-order chi connectivity index (χ1) is 12.2. The Kier molecular flexibility index (Phi) is 5.66. The van der Waals surface area contributed by atoms with Gasteiger partial charge in [0.25, 0.3) is 5.91 Å². The third kappa shape index (κ3) is 4.37. The van der Waals surface area contributed by atoms with Crippen LogP contribution in [0, 0.1) is 0 Å². The molecule has 5 nitrogen and oxygen atoms in total.